The van der Waals surface area contributed by atoms with E-state index in [1.165, 1.54) is 19.3 Å². The third-order valence-corrected chi connectivity index (χ3v) is 3.24. The molecular weight excluding hydrogens is 281 g/mol. The van der Waals surface area contributed by atoms with Crippen LogP contribution in [0.4, 0.5) is 13.2 Å². The molecule has 0 N–H and O–H groups in total. The first kappa shape index (κ1) is 20.0. The Balaban J connectivity index is 4.01. The lowest BCUT2D eigenvalue weighted by Crippen LogP contribution is -2.14. The molecule has 2 nitrogen and oxygen atoms in total. The van der Waals surface area contributed by atoms with Crippen LogP contribution in [0.25, 0.3) is 0 Å². The van der Waals surface area contributed by atoms with Gasteiger partial charge in [0.25, 0.3) is 0 Å². The maximum atomic E-state index is 12.8. The van der Waals surface area contributed by atoms with Crippen LogP contribution in [-0.2, 0) is 9.53 Å². The zero-order chi connectivity index (χ0) is 16.1. The standard InChI is InChI=1S/C16H27F3O2/c1-3-5-6-7-8-9-10-11-12-14(16(17,18)19)13-15(20)21-4-2/h13H,3-12H2,1-2H3/b14-13+. The lowest BCUT2D eigenvalue weighted by molar-refractivity contribution is -0.138. The quantitative estimate of drug-likeness (QED) is 0.283. The summed E-state index contributed by atoms with van der Waals surface area (Å²) >= 11 is 0. The Morgan fingerprint density at radius 3 is 1.95 bits per heavy atom. The lowest BCUT2D eigenvalue weighted by Gasteiger charge is -2.11. The Hall–Kier alpha value is -1.00. The van der Waals surface area contributed by atoms with Gasteiger partial charge in [-0.2, -0.15) is 13.2 Å². The van der Waals surface area contributed by atoms with E-state index in [1.54, 1.807) is 6.92 Å². The molecule has 0 saturated heterocycles. The second kappa shape index (κ2) is 11.6. The third-order valence-electron chi connectivity index (χ3n) is 3.24. The summed E-state index contributed by atoms with van der Waals surface area (Å²) in [7, 11) is 0. The number of allylic oxidation sites excluding steroid dienone is 1. The summed E-state index contributed by atoms with van der Waals surface area (Å²) in [5, 5.41) is 0. The van der Waals surface area contributed by atoms with Crippen LogP contribution in [0, 0.1) is 0 Å². The molecule has 124 valence electrons. The highest BCUT2D eigenvalue weighted by Gasteiger charge is 2.33. The van der Waals surface area contributed by atoms with Crippen molar-refractivity contribution in [2.75, 3.05) is 6.61 Å². The fraction of sp³-hybridized carbons (Fsp3) is 0.812. The summed E-state index contributed by atoms with van der Waals surface area (Å²) in [5.41, 5.74) is -0.785. The Morgan fingerprint density at radius 1 is 0.952 bits per heavy atom. The van der Waals surface area contributed by atoms with Gasteiger partial charge in [-0.05, 0) is 19.8 Å². The zero-order valence-corrected chi connectivity index (χ0v) is 13.1. The zero-order valence-electron chi connectivity index (χ0n) is 13.1. The number of alkyl halides is 3. The van der Waals surface area contributed by atoms with Gasteiger partial charge in [-0.1, -0.05) is 51.9 Å². The molecule has 0 rings (SSSR count). The number of rotatable bonds is 11. The van der Waals surface area contributed by atoms with E-state index in [-0.39, 0.29) is 13.0 Å². The molecule has 0 aliphatic carbocycles. The Bertz CT molecular complexity index is 309. The molecule has 0 bridgehead atoms. The van der Waals surface area contributed by atoms with Crippen LogP contribution in [0.1, 0.15) is 71.6 Å². The third kappa shape index (κ3) is 11.3. The highest BCUT2D eigenvalue weighted by atomic mass is 19.4. The van der Waals surface area contributed by atoms with Crippen molar-refractivity contribution in [1.82, 2.24) is 0 Å². The van der Waals surface area contributed by atoms with Gasteiger partial charge in [0, 0.05) is 11.6 Å². The number of hydrogen-bond donors (Lipinski definition) is 0. The topological polar surface area (TPSA) is 26.3 Å². The average molecular weight is 308 g/mol. The first-order valence-electron chi connectivity index (χ1n) is 7.86. The highest BCUT2D eigenvalue weighted by molar-refractivity contribution is 5.83. The molecule has 0 atom stereocenters. The van der Waals surface area contributed by atoms with Crippen LogP contribution >= 0.6 is 0 Å². The van der Waals surface area contributed by atoms with E-state index in [2.05, 4.69) is 11.7 Å². The Labute approximate surface area is 125 Å². The summed E-state index contributed by atoms with van der Waals surface area (Å²) in [6.45, 7) is 3.80. The van der Waals surface area contributed by atoms with Crippen molar-refractivity contribution in [2.24, 2.45) is 0 Å². The summed E-state index contributed by atoms with van der Waals surface area (Å²) in [6, 6.07) is 0. The van der Waals surface area contributed by atoms with Gasteiger partial charge in [0.1, 0.15) is 0 Å². The molecule has 0 aromatic heterocycles. The van der Waals surface area contributed by atoms with Crippen LogP contribution in [0.3, 0.4) is 0 Å². The monoisotopic (exact) mass is 308 g/mol. The van der Waals surface area contributed by atoms with Gasteiger partial charge < -0.3 is 4.74 Å². The summed E-state index contributed by atoms with van der Waals surface area (Å²) < 4.78 is 42.8. The van der Waals surface area contributed by atoms with E-state index >= 15 is 0 Å². The molecule has 0 radical (unpaired) electrons. The maximum Gasteiger partial charge on any atom is 0.412 e. The van der Waals surface area contributed by atoms with Gasteiger partial charge in [-0.15, -0.1) is 0 Å². The Morgan fingerprint density at radius 2 is 1.48 bits per heavy atom. The molecule has 0 fully saturated rings. The summed E-state index contributed by atoms with van der Waals surface area (Å²) in [4.78, 5) is 11.1. The van der Waals surface area contributed by atoms with Crippen LogP contribution < -0.4 is 0 Å². The number of esters is 1. The van der Waals surface area contributed by atoms with E-state index in [0.717, 1.165) is 25.7 Å². The van der Waals surface area contributed by atoms with Crippen LogP contribution in [-0.4, -0.2) is 18.8 Å². The van der Waals surface area contributed by atoms with Crippen molar-refractivity contribution in [2.45, 2.75) is 77.8 Å². The van der Waals surface area contributed by atoms with E-state index < -0.39 is 17.7 Å². The van der Waals surface area contributed by atoms with E-state index in [9.17, 15) is 18.0 Å². The molecule has 5 heteroatoms. The number of halogens is 3. The van der Waals surface area contributed by atoms with Crippen molar-refractivity contribution in [3.63, 3.8) is 0 Å². The maximum absolute atomic E-state index is 12.8. The van der Waals surface area contributed by atoms with Gasteiger partial charge in [0.15, 0.2) is 0 Å². The smallest absolute Gasteiger partial charge is 0.412 e. The first-order valence-corrected chi connectivity index (χ1v) is 7.86. The highest BCUT2D eigenvalue weighted by Crippen LogP contribution is 2.30. The SMILES string of the molecule is CCCCCCCCCC/C(=C\C(=O)OCC)C(F)(F)F. The number of carbonyl (C=O) groups excluding carboxylic acids is 1. The second-order valence-electron chi connectivity index (χ2n) is 5.14. The van der Waals surface area contributed by atoms with Crippen LogP contribution in [0.5, 0.6) is 0 Å². The van der Waals surface area contributed by atoms with Crippen molar-refractivity contribution in [3.05, 3.63) is 11.6 Å². The predicted molar refractivity (Wildman–Crippen MR) is 78.0 cm³/mol. The molecule has 0 spiro atoms. The lowest BCUT2D eigenvalue weighted by atomic mass is 10.0. The molecule has 0 amide bonds. The predicted octanol–water partition coefficient (Wildman–Crippen LogP) is 5.57. The minimum Gasteiger partial charge on any atom is -0.463 e. The molecule has 0 heterocycles. The summed E-state index contributed by atoms with van der Waals surface area (Å²) in [6.07, 6.45) is 4.04. The average Bonchev–Trinajstić information content (AvgIpc) is 2.39. The van der Waals surface area contributed by atoms with Gasteiger partial charge >= 0.3 is 12.1 Å². The number of hydrogen-bond acceptors (Lipinski definition) is 2. The first-order chi connectivity index (χ1) is 9.91. The van der Waals surface area contributed by atoms with Crippen LogP contribution in [0.15, 0.2) is 11.6 Å². The minimum atomic E-state index is -4.45. The fourth-order valence-corrected chi connectivity index (χ4v) is 2.07. The number of ether oxygens (including phenoxy) is 1. The van der Waals surface area contributed by atoms with Crippen molar-refractivity contribution < 1.29 is 22.7 Å². The number of carbonyl (C=O) groups is 1. The molecule has 0 aliphatic rings. The van der Waals surface area contributed by atoms with Crippen LogP contribution in [0.2, 0.25) is 0 Å². The van der Waals surface area contributed by atoms with Gasteiger partial charge in [-0.25, -0.2) is 4.79 Å². The van der Waals surface area contributed by atoms with Gasteiger partial charge in [-0.3, -0.25) is 0 Å². The minimum absolute atomic E-state index is 0.0816. The molecule has 0 aromatic carbocycles. The van der Waals surface area contributed by atoms with Crippen molar-refractivity contribution >= 4 is 5.97 Å². The molecule has 21 heavy (non-hydrogen) atoms. The van der Waals surface area contributed by atoms with E-state index in [4.69, 9.17) is 0 Å². The van der Waals surface area contributed by atoms with Gasteiger partial charge in [0.2, 0.25) is 0 Å². The molecular formula is C16H27F3O2. The van der Waals surface area contributed by atoms with Crippen molar-refractivity contribution in [3.8, 4) is 0 Å². The molecule has 0 unspecified atom stereocenters. The molecule has 0 aliphatic heterocycles. The largest absolute Gasteiger partial charge is 0.463 e. The summed E-state index contributed by atoms with van der Waals surface area (Å²) in [5.74, 6) is -0.913. The molecule has 0 saturated carbocycles. The molecule has 0 aromatic rings. The normalized spacial score (nSPS) is 12.5. The second-order valence-corrected chi connectivity index (χ2v) is 5.14. The fourth-order valence-electron chi connectivity index (χ4n) is 2.07. The van der Waals surface area contributed by atoms with Crippen molar-refractivity contribution in [1.29, 1.82) is 0 Å². The Kier molecular flexibility index (Phi) is 11.1. The van der Waals surface area contributed by atoms with Gasteiger partial charge in [0.05, 0.1) is 6.61 Å². The van der Waals surface area contributed by atoms with E-state index in [0.29, 0.717) is 12.5 Å². The number of unbranched alkanes of at least 4 members (excludes halogenated alkanes) is 7. The van der Waals surface area contributed by atoms with E-state index in [1.807, 2.05) is 0 Å².